The number of aromatic nitrogens is 4. The van der Waals surface area contributed by atoms with Crippen LogP contribution in [0.15, 0.2) is 4.79 Å². The van der Waals surface area contributed by atoms with Crippen molar-refractivity contribution >= 4 is 17.1 Å². The fourth-order valence-corrected chi connectivity index (χ4v) is 2.52. The third-order valence-electron chi connectivity index (χ3n) is 2.93. The molecule has 6 heteroatoms. The fraction of sp³-hybridized carbons (Fsp3) is 0.615. The minimum atomic E-state index is -0.273. The highest BCUT2D eigenvalue weighted by atomic mass is 16.1. The van der Waals surface area contributed by atoms with Crippen molar-refractivity contribution in [2.24, 2.45) is 11.3 Å². The van der Waals surface area contributed by atoms with Crippen molar-refractivity contribution in [3.8, 4) is 0 Å². The maximum absolute atomic E-state index is 11.7. The topological polar surface area (TPSA) is 100 Å². The molecule has 2 rings (SSSR count). The minimum absolute atomic E-state index is 0.0956. The predicted molar refractivity (Wildman–Crippen MR) is 75.9 cm³/mol. The molecule has 104 valence electrons. The molecule has 0 aliphatic heterocycles. The largest absolute Gasteiger partial charge is 0.369 e. The summed E-state index contributed by atoms with van der Waals surface area (Å²) in [5, 5.41) is 0. The van der Waals surface area contributed by atoms with Crippen LogP contribution in [0.3, 0.4) is 0 Å². The van der Waals surface area contributed by atoms with E-state index in [0.717, 1.165) is 18.7 Å². The molecule has 0 bridgehead atoms. The van der Waals surface area contributed by atoms with E-state index in [9.17, 15) is 4.79 Å². The van der Waals surface area contributed by atoms with Gasteiger partial charge in [0, 0.05) is 6.42 Å². The van der Waals surface area contributed by atoms with Gasteiger partial charge in [-0.05, 0) is 17.8 Å². The molecule has 2 heterocycles. The number of hydrogen-bond donors (Lipinski definition) is 3. The Bertz CT molecular complexity index is 635. The lowest BCUT2D eigenvalue weighted by Crippen LogP contribution is -2.13. The zero-order chi connectivity index (χ0) is 14.2. The maximum atomic E-state index is 11.7. The summed E-state index contributed by atoms with van der Waals surface area (Å²) >= 11 is 0. The van der Waals surface area contributed by atoms with E-state index in [1.54, 1.807) is 0 Å². The molecule has 0 spiro atoms. The number of nitrogen functional groups attached to an aromatic ring is 1. The van der Waals surface area contributed by atoms with E-state index in [2.05, 4.69) is 47.6 Å². The highest BCUT2D eigenvalue weighted by molar-refractivity contribution is 5.70. The van der Waals surface area contributed by atoms with Gasteiger partial charge in [-0.15, -0.1) is 0 Å². The van der Waals surface area contributed by atoms with Crippen LogP contribution in [-0.2, 0) is 6.42 Å². The van der Waals surface area contributed by atoms with Crippen molar-refractivity contribution in [1.29, 1.82) is 0 Å². The number of rotatable bonds is 3. The first-order valence-corrected chi connectivity index (χ1v) is 6.49. The van der Waals surface area contributed by atoms with Crippen LogP contribution >= 0.6 is 0 Å². The number of nitrogens with two attached hydrogens (primary N) is 1. The number of imidazole rings is 1. The standard InChI is InChI=1S/C13H21N5O/c1-7(6-13(2,3)4)5-8-15-9-10(16-8)17-12(14)18-11(9)19/h7H,5-6H2,1-4H3,(H4,14,15,16,17,18,19). The molecule has 6 nitrogen and oxygen atoms in total. The first-order chi connectivity index (χ1) is 8.74. The van der Waals surface area contributed by atoms with E-state index in [4.69, 9.17) is 5.73 Å². The minimum Gasteiger partial charge on any atom is -0.369 e. The molecule has 0 radical (unpaired) electrons. The maximum Gasteiger partial charge on any atom is 0.278 e. The van der Waals surface area contributed by atoms with Crippen LogP contribution in [-0.4, -0.2) is 19.9 Å². The third kappa shape index (κ3) is 3.33. The predicted octanol–water partition coefficient (Wildman–Crippen LogP) is 1.84. The molecule has 0 saturated carbocycles. The zero-order valence-corrected chi connectivity index (χ0v) is 11.9. The molecule has 2 aromatic rings. The van der Waals surface area contributed by atoms with Crippen LogP contribution in [0, 0.1) is 11.3 Å². The van der Waals surface area contributed by atoms with E-state index >= 15 is 0 Å². The summed E-state index contributed by atoms with van der Waals surface area (Å²) in [7, 11) is 0. The molecule has 0 fully saturated rings. The molecule has 0 aliphatic rings. The molecule has 0 aromatic carbocycles. The van der Waals surface area contributed by atoms with Gasteiger partial charge in [0.05, 0.1) is 0 Å². The van der Waals surface area contributed by atoms with E-state index < -0.39 is 0 Å². The third-order valence-corrected chi connectivity index (χ3v) is 2.93. The van der Waals surface area contributed by atoms with Gasteiger partial charge in [0.1, 0.15) is 5.82 Å². The van der Waals surface area contributed by atoms with Gasteiger partial charge in [-0.2, -0.15) is 4.98 Å². The van der Waals surface area contributed by atoms with Crippen molar-refractivity contribution in [3.63, 3.8) is 0 Å². The Balaban J connectivity index is 2.23. The number of nitrogens with zero attached hydrogens (tertiary/aromatic N) is 2. The van der Waals surface area contributed by atoms with Crippen molar-refractivity contribution in [2.75, 3.05) is 5.73 Å². The normalized spacial score (nSPS) is 13.9. The lowest BCUT2D eigenvalue weighted by atomic mass is 9.84. The second-order valence-electron chi connectivity index (χ2n) is 6.41. The molecule has 0 saturated heterocycles. The average Bonchev–Trinajstić information content (AvgIpc) is 2.56. The molecule has 1 atom stereocenters. The van der Waals surface area contributed by atoms with Gasteiger partial charge in [0.2, 0.25) is 5.95 Å². The second kappa shape index (κ2) is 4.68. The van der Waals surface area contributed by atoms with Gasteiger partial charge in [0.25, 0.3) is 5.56 Å². The second-order valence-corrected chi connectivity index (χ2v) is 6.41. The number of hydrogen-bond acceptors (Lipinski definition) is 4. The monoisotopic (exact) mass is 263 g/mol. The van der Waals surface area contributed by atoms with Crippen LogP contribution in [0.5, 0.6) is 0 Å². The summed E-state index contributed by atoms with van der Waals surface area (Å²) in [6, 6.07) is 0. The molecule has 0 aliphatic carbocycles. The van der Waals surface area contributed by atoms with Crippen molar-refractivity contribution in [3.05, 3.63) is 16.2 Å². The van der Waals surface area contributed by atoms with E-state index in [1.165, 1.54) is 0 Å². The Morgan fingerprint density at radius 2 is 1.95 bits per heavy atom. The summed E-state index contributed by atoms with van der Waals surface area (Å²) < 4.78 is 0. The van der Waals surface area contributed by atoms with Crippen LogP contribution < -0.4 is 11.3 Å². The van der Waals surface area contributed by atoms with E-state index in [-0.39, 0.29) is 16.9 Å². The summed E-state index contributed by atoms with van der Waals surface area (Å²) in [6.07, 6.45) is 1.89. The number of anilines is 1. The van der Waals surface area contributed by atoms with Crippen LogP contribution in [0.1, 0.15) is 39.9 Å². The van der Waals surface area contributed by atoms with Crippen molar-refractivity contribution < 1.29 is 0 Å². The van der Waals surface area contributed by atoms with Crippen molar-refractivity contribution in [1.82, 2.24) is 19.9 Å². The highest BCUT2D eigenvalue weighted by Gasteiger charge is 2.17. The van der Waals surface area contributed by atoms with Gasteiger partial charge in [-0.25, -0.2) is 4.98 Å². The van der Waals surface area contributed by atoms with Crippen LogP contribution in [0.4, 0.5) is 5.95 Å². The molecular formula is C13H21N5O. The number of H-pyrrole nitrogens is 2. The van der Waals surface area contributed by atoms with Crippen LogP contribution in [0.25, 0.3) is 11.2 Å². The molecular weight excluding hydrogens is 242 g/mol. The van der Waals surface area contributed by atoms with Crippen LogP contribution in [0.2, 0.25) is 0 Å². The average molecular weight is 263 g/mol. The summed E-state index contributed by atoms with van der Waals surface area (Å²) in [6.45, 7) is 8.84. The summed E-state index contributed by atoms with van der Waals surface area (Å²) in [5.74, 6) is 1.37. The lowest BCUT2D eigenvalue weighted by Gasteiger charge is -2.22. The number of aromatic amines is 2. The van der Waals surface area contributed by atoms with E-state index in [0.29, 0.717) is 17.1 Å². The van der Waals surface area contributed by atoms with Crippen molar-refractivity contribution in [2.45, 2.75) is 40.5 Å². The quantitative estimate of drug-likeness (QED) is 0.786. The number of fused-ring (bicyclic) bond motifs is 1. The highest BCUT2D eigenvalue weighted by Crippen LogP contribution is 2.25. The number of nitrogens with one attached hydrogen (secondary N) is 2. The Morgan fingerprint density at radius 1 is 1.26 bits per heavy atom. The Morgan fingerprint density at radius 3 is 2.58 bits per heavy atom. The van der Waals surface area contributed by atoms with Gasteiger partial charge in [-0.1, -0.05) is 27.7 Å². The van der Waals surface area contributed by atoms with Gasteiger partial charge >= 0.3 is 0 Å². The van der Waals surface area contributed by atoms with E-state index in [1.807, 2.05) is 0 Å². The van der Waals surface area contributed by atoms with Gasteiger partial charge in [-0.3, -0.25) is 9.78 Å². The first kappa shape index (κ1) is 13.6. The first-order valence-electron chi connectivity index (χ1n) is 6.49. The summed E-state index contributed by atoms with van der Waals surface area (Å²) in [5.41, 5.74) is 6.29. The fourth-order valence-electron chi connectivity index (χ4n) is 2.52. The SMILES string of the molecule is CC(Cc1nc2nc(N)[nH]c(=O)c2[nH]1)CC(C)(C)C. The Labute approximate surface area is 111 Å². The molecule has 1 unspecified atom stereocenters. The molecule has 19 heavy (non-hydrogen) atoms. The Kier molecular flexibility index (Phi) is 3.34. The zero-order valence-electron chi connectivity index (χ0n) is 11.9. The molecule has 4 N–H and O–H groups in total. The smallest absolute Gasteiger partial charge is 0.278 e. The molecule has 2 aromatic heterocycles. The van der Waals surface area contributed by atoms with Gasteiger partial charge in [0.15, 0.2) is 11.2 Å². The van der Waals surface area contributed by atoms with Gasteiger partial charge < -0.3 is 10.7 Å². The molecule has 0 amide bonds. The Hall–Kier alpha value is -1.85. The summed E-state index contributed by atoms with van der Waals surface area (Å²) in [4.78, 5) is 25.5. The lowest BCUT2D eigenvalue weighted by molar-refractivity contribution is 0.304.